The molecule has 0 aliphatic heterocycles. The largest absolute Gasteiger partial charge is 0.321 e. The Kier molecular flexibility index (Phi) is 4.02. The van der Waals surface area contributed by atoms with Crippen LogP contribution in [0, 0.1) is 6.92 Å². The van der Waals surface area contributed by atoms with Gasteiger partial charge in [0.25, 0.3) is 5.91 Å². The highest BCUT2D eigenvalue weighted by Gasteiger charge is 2.10. The number of fused-ring (bicyclic) bond motifs is 2. The number of aromatic nitrogens is 4. The van der Waals surface area contributed by atoms with E-state index in [1.165, 1.54) is 11.8 Å². The van der Waals surface area contributed by atoms with Crippen molar-refractivity contribution >= 4 is 28.3 Å². The van der Waals surface area contributed by atoms with E-state index in [0.717, 1.165) is 22.4 Å². The second-order valence-electron chi connectivity index (χ2n) is 6.87. The van der Waals surface area contributed by atoms with Crippen molar-refractivity contribution in [2.75, 3.05) is 5.32 Å². The minimum atomic E-state index is -0.292. The first kappa shape index (κ1) is 17.1. The number of rotatable bonds is 3. The van der Waals surface area contributed by atoms with Crippen molar-refractivity contribution in [2.24, 2.45) is 0 Å². The molecule has 0 atom stereocenters. The van der Waals surface area contributed by atoms with Gasteiger partial charge in [-0.2, -0.15) is 0 Å². The number of imidazole rings is 1. The van der Waals surface area contributed by atoms with Crippen LogP contribution in [0.4, 0.5) is 5.69 Å². The maximum Gasteiger partial charge on any atom is 0.275 e. The number of pyridine rings is 1. The third kappa shape index (κ3) is 3.32. The highest BCUT2D eigenvalue weighted by atomic mass is 16.1. The standard InChI is InChI=1S/C23H17N5O/c1-15-10-11-28-14-21(27-22(28)12-15)16-6-8-17(9-7-16)25-23(29)20-13-24-18-4-2-3-5-19(18)26-20/h2-14H,1H3,(H,25,29). The molecule has 0 fully saturated rings. The molecule has 1 amide bonds. The summed E-state index contributed by atoms with van der Waals surface area (Å²) in [6, 6.07) is 19.2. The number of amides is 1. The molecule has 0 aliphatic carbocycles. The molecule has 6 nitrogen and oxygen atoms in total. The van der Waals surface area contributed by atoms with Crippen LogP contribution in [-0.2, 0) is 0 Å². The number of hydrogen-bond acceptors (Lipinski definition) is 4. The summed E-state index contributed by atoms with van der Waals surface area (Å²) in [7, 11) is 0. The van der Waals surface area contributed by atoms with Crippen LogP contribution >= 0.6 is 0 Å². The molecule has 5 aromatic rings. The maximum atomic E-state index is 12.5. The van der Waals surface area contributed by atoms with Crippen molar-refractivity contribution in [1.82, 2.24) is 19.4 Å². The lowest BCUT2D eigenvalue weighted by atomic mass is 10.1. The molecule has 0 saturated heterocycles. The van der Waals surface area contributed by atoms with E-state index in [9.17, 15) is 4.79 Å². The number of carbonyl (C=O) groups excluding carboxylic acids is 1. The Morgan fingerprint density at radius 1 is 0.966 bits per heavy atom. The number of nitrogens with one attached hydrogen (secondary N) is 1. The Morgan fingerprint density at radius 3 is 2.59 bits per heavy atom. The van der Waals surface area contributed by atoms with Crippen molar-refractivity contribution in [1.29, 1.82) is 0 Å². The Labute approximate surface area is 166 Å². The molecule has 0 unspecified atom stereocenters. The second kappa shape index (κ2) is 6.83. The van der Waals surface area contributed by atoms with E-state index in [-0.39, 0.29) is 11.6 Å². The summed E-state index contributed by atoms with van der Waals surface area (Å²) < 4.78 is 2.00. The number of nitrogens with zero attached hydrogens (tertiary/aromatic N) is 4. The summed E-state index contributed by atoms with van der Waals surface area (Å²) in [5.74, 6) is -0.292. The van der Waals surface area contributed by atoms with Crippen LogP contribution in [0.2, 0.25) is 0 Å². The molecule has 0 bridgehead atoms. The minimum absolute atomic E-state index is 0.281. The van der Waals surface area contributed by atoms with Crippen LogP contribution in [0.5, 0.6) is 0 Å². The van der Waals surface area contributed by atoms with E-state index in [1.54, 1.807) is 0 Å². The monoisotopic (exact) mass is 379 g/mol. The fourth-order valence-electron chi connectivity index (χ4n) is 3.21. The Morgan fingerprint density at radius 2 is 1.76 bits per heavy atom. The van der Waals surface area contributed by atoms with E-state index in [4.69, 9.17) is 0 Å². The topological polar surface area (TPSA) is 72.2 Å². The molecule has 3 aromatic heterocycles. The predicted molar refractivity (Wildman–Crippen MR) is 113 cm³/mol. The molecule has 1 N–H and O–H groups in total. The Balaban J connectivity index is 1.37. The number of benzene rings is 2. The van der Waals surface area contributed by atoms with E-state index >= 15 is 0 Å². The SMILES string of the molecule is Cc1ccn2cc(-c3ccc(NC(=O)c4cnc5ccccc5n4)cc3)nc2c1. The fourth-order valence-corrected chi connectivity index (χ4v) is 3.21. The Hall–Kier alpha value is -4.06. The van der Waals surface area contributed by atoms with Crippen molar-refractivity contribution < 1.29 is 4.79 Å². The van der Waals surface area contributed by atoms with Gasteiger partial charge in [0.2, 0.25) is 0 Å². The quantitative estimate of drug-likeness (QED) is 0.501. The third-order valence-electron chi connectivity index (χ3n) is 4.74. The highest BCUT2D eigenvalue weighted by molar-refractivity contribution is 6.03. The predicted octanol–water partition coefficient (Wildman–Crippen LogP) is 4.51. The highest BCUT2D eigenvalue weighted by Crippen LogP contribution is 2.22. The lowest BCUT2D eigenvalue weighted by Crippen LogP contribution is -2.14. The summed E-state index contributed by atoms with van der Waals surface area (Å²) in [4.78, 5) is 25.9. The van der Waals surface area contributed by atoms with Gasteiger partial charge in [0.15, 0.2) is 0 Å². The van der Waals surface area contributed by atoms with Gasteiger partial charge in [-0.25, -0.2) is 9.97 Å². The first-order valence-electron chi connectivity index (χ1n) is 9.25. The number of hydrogen-bond donors (Lipinski definition) is 1. The van der Waals surface area contributed by atoms with Crippen molar-refractivity contribution in [3.05, 3.63) is 90.5 Å². The van der Waals surface area contributed by atoms with Crippen LogP contribution in [-0.4, -0.2) is 25.3 Å². The van der Waals surface area contributed by atoms with E-state index in [2.05, 4.69) is 20.3 Å². The molecule has 0 aliphatic rings. The summed E-state index contributed by atoms with van der Waals surface area (Å²) in [5, 5.41) is 2.87. The van der Waals surface area contributed by atoms with E-state index < -0.39 is 0 Å². The minimum Gasteiger partial charge on any atom is -0.321 e. The third-order valence-corrected chi connectivity index (χ3v) is 4.74. The first-order valence-corrected chi connectivity index (χ1v) is 9.25. The van der Waals surface area contributed by atoms with Gasteiger partial charge in [0, 0.05) is 23.6 Å². The van der Waals surface area contributed by atoms with Crippen molar-refractivity contribution in [3.8, 4) is 11.3 Å². The zero-order valence-electron chi connectivity index (χ0n) is 15.7. The molecule has 3 heterocycles. The molecule has 0 saturated carbocycles. The van der Waals surface area contributed by atoms with Gasteiger partial charge in [-0.1, -0.05) is 24.3 Å². The molecule has 0 spiro atoms. The van der Waals surface area contributed by atoms with Gasteiger partial charge in [-0.15, -0.1) is 0 Å². The molecule has 0 radical (unpaired) electrons. The summed E-state index contributed by atoms with van der Waals surface area (Å²) in [6.45, 7) is 2.05. The average Bonchev–Trinajstić information content (AvgIpc) is 3.17. The van der Waals surface area contributed by atoms with Crippen LogP contribution in [0.15, 0.2) is 79.3 Å². The van der Waals surface area contributed by atoms with E-state index in [0.29, 0.717) is 11.2 Å². The van der Waals surface area contributed by atoms with Crippen molar-refractivity contribution in [2.45, 2.75) is 6.92 Å². The molecule has 6 heteroatoms. The molecule has 2 aromatic carbocycles. The van der Waals surface area contributed by atoms with Gasteiger partial charge < -0.3 is 9.72 Å². The van der Waals surface area contributed by atoms with Gasteiger partial charge >= 0.3 is 0 Å². The molecule has 29 heavy (non-hydrogen) atoms. The van der Waals surface area contributed by atoms with Gasteiger partial charge in [0.1, 0.15) is 11.3 Å². The fraction of sp³-hybridized carbons (Fsp3) is 0.0435. The van der Waals surface area contributed by atoms with Gasteiger partial charge in [-0.05, 0) is 48.9 Å². The number of anilines is 1. The van der Waals surface area contributed by atoms with Crippen LogP contribution in [0.25, 0.3) is 27.9 Å². The number of aryl methyl sites for hydroxylation is 1. The maximum absolute atomic E-state index is 12.5. The lowest BCUT2D eigenvalue weighted by molar-refractivity contribution is 0.102. The zero-order chi connectivity index (χ0) is 19.8. The van der Waals surface area contributed by atoms with Crippen LogP contribution < -0.4 is 5.32 Å². The normalized spacial score (nSPS) is 11.1. The zero-order valence-corrected chi connectivity index (χ0v) is 15.7. The average molecular weight is 379 g/mol. The molecular weight excluding hydrogens is 362 g/mol. The van der Waals surface area contributed by atoms with Crippen LogP contribution in [0.3, 0.4) is 0 Å². The first-order chi connectivity index (χ1) is 14.2. The summed E-state index contributed by atoms with van der Waals surface area (Å²) >= 11 is 0. The van der Waals surface area contributed by atoms with Gasteiger partial charge in [-0.3, -0.25) is 9.78 Å². The number of para-hydroxylation sites is 2. The van der Waals surface area contributed by atoms with Gasteiger partial charge in [0.05, 0.1) is 22.9 Å². The lowest BCUT2D eigenvalue weighted by Gasteiger charge is -2.06. The smallest absolute Gasteiger partial charge is 0.275 e. The molecule has 140 valence electrons. The summed E-state index contributed by atoms with van der Waals surface area (Å²) in [5.41, 5.74) is 6.37. The van der Waals surface area contributed by atoms with Crippen molar-refractivity contribution in [3.63, 3.8) is 0 Å². The second-order valence-corrected chi connectivity index (χ2v) is 6.87. The summed E-state index contributed by atoms with van der Waals surface area (Å²) in [6.07, 6.45) is 5.48. The van der Waals surface area contributed by atoms with Crippen LogP contribution in [0.1, 0.15) is 16.1 Å². The Bertz CT molecular complexity index is 1360. The number of carbonyl (C=O) groups is 1. The molecule has 5 rings (SSSR count). The van der Waals surface area contributed by atoms with E-state index in [1.807, 2.05) is 84.4 Å². The molecular formula is C23H17N5O.